The Morgan fingerprint density at radius 1 is 1.20 bits per heavy atom. The van der Waals surface area contributed by atoms with Gasteiger partial charge < -0.3 is 15.0 Å². The van der Waals surface area contributed by atoms with Crippen molar-refractivity contribution in [3.05, 3.63) is 63.1 Å². The zero-order valence-electron chi connectivity index (χ0n) is 18.0. The maximum Gasteiger partial charge on any atom is 0.261 e. The number of rotatable bonds is 7. The van der Waals surface area contributed by atoms with E-state index in [0.717, 1.165) is 15.6 Å². The molecule has 0 radical (unpaired) electrons. The third kappa shape index (κ3) is 7.33. The number of nitrogens with zero attached hydrogens (tertiary/aromatic N) is 1. The quantitative estimate of drug-likeness (QED) is 0.580. The van der Waals surface area contributed by atoms with Crippen LogP contribution in [0.5, 0.6) is 5.75 Å². The van der Waals surface area contributed by atoms with Gasteiger partial charge in [0.2, 0.25) is 5.91 Å². The molecule has 0 unspecified atom stereocenters. The predicted octanol–water partition coefficient (Wildman–Crippen LogP) is 5.12. The monoisotopic (exact) mass is 494 g/mol. The molecule has 0 fully saturated rings. The van der Waals surface area contributed by atoms with Crippen molar-refractivity contribution in [1.82, 2.24) is 10.2 Å². The van der Waals surface area contributed by atoms with Gasteiger partial charge in [-0.05, 0) is 58.4 Å². The molecule has 0 aliphatic carbocycles. The molecule has 1 atom stereocenters. The average molecular weight is 496 g/mol. The van der Waals surface area contributed by atoms with Crippen LogP contribution in [0.25, 0.3) is 0 Å². The summed E-state index contributed by atoms with van der Waals surface area (Å²) in [5.41, 5.74) is 1.63. The molecule has 0 saturated heterocycles. The lowest BCUT2D eigenvalue weighted by molar-refractivity contribution is -0.142. The Morgan fingerprint density at radius 2 is 1.90 bits per heavy atom. The van der Waals surface area contributed by atoms with Crippen molar-refractivity contribution in [3.8, 4) is 5.75 Å². The largest absolute Gasteiger partial charge is 0.482 e. The Morgan fingerprint density at radius 3 is 2.50 bits per heavy atom. The molecule has 2 amide bonds. The molecule has 0 aliphatic heterocycles. The Bertz CT molecular complexity index is 912. The molecule has 1 N–H and O–H groups in total. The van der Waals surface area contributed by atoms with Crippen LogP contribution in [0.2, 0.25) is 5.02 Å². The van der Waals surface area contributed by atoms with Gasteiger partial charge in [-0.2, -0.15) is 0 Å². The van der Waals surface area contributed by atoms with Gasteiger partial charge in [0.05, 0.1) is 5.02 Å². The van der Waals surface area contributed by atoms with E-state index in [0.29, 0.717) is 17.3 Å². The van der Waals surface area contributed by atoms with Gasteiger partial charge in [0, 0.05) is 16.6 Å². The first kappa shape index (κ1) is 24.2. The first-order chi connectivity index (χ1) is 14.0. The number of carbonyl (C=O) groups excluding carboxylic acids is 2. The summed E-state index contributed by atoms with van der Waals surface area (Å²) in [6, 6.07) is 12.4. The summed E-state index contributed by atoms with van der Waals surface area (Å²) < 4.78 is 6.47. The van der Waals surface area contributed by atoms with Crippen molar-refractivity contribution in [2.75, 3.05) is 6.61 Å². The van der Waals surface area contributed by atoms with Crippen molar-refractivity contribution in [2.45, 2.75) is 52.7 Å². The molecule has 5 nitrogen and oxygen atoms in total. The first-order valence-electron chi connectivity index (χ1n) is 9.71. The van der Waals surface area contributed by atoms with Crippen LogP contribution in [0.4, 0.5) is 0 Å². The number of hydrogen-bond donors (Lipinski definition) is 1. The zero-order chi connectivity index (χ0) is 22.5. The standard InChI is InChI=1S/C23H28BrClN2O3/c1-15-7-6-8-17(11-15)13-27(16(2)22(29)26-23(3,4)5)21(28)14-30-20-10-9-18(24)12-19(20)25/h6-12,16H,13-14H2,1-5H3,(H,26,29)/t16-/m1/s1. The molecule has 0 heterocycles. The fraction of sp³-hybridized carbons (Fsp3) is 0.391. The van der Waals surface area contributed by atoms with E-state index in [9.17, 15) is 9.59 Å². The normalized spacial score (nSPS) is 12.2. The van der Waals surface area contributed by atoms with Crippen LogP contribution in [-0.4, -0.2) is 34.9 Å². The number of nitrogens with one attached hydrogen (secondary N) is 1. The van der Waals surface area contributed by atoms with E-state index in [1.807, 2.05) is 52.0 Å². The maximum absolute atomic E-state index is 13.1. The molecule has 0 saturated carbocycles. The predicted molar refractivity (Wildman–Crippen MR) is 124 cm³/mol. The molecule has 2 rings (SSSR count). The molecule has 30 heavy (non-hydrogen) atoms. The molecule has 0 bridgehead atoms. The van der Waals surface area contributed by atoms with E-state index in [1.165, 1.54) is 4.90 Å². The van der Waals surface area contributed by atoms with E-state index < -0.39 is 11.6 Å². The summed E-state index contributed by atoms with van der Waals surface area (Å²) in [7, 11) is 0. The summed E-state index contributed by atoms with van der Waals surface area (Å²) in [5, 5.41) is 3.34. The van der Waals surface area contributed by atoms with Crippen LogP contribution in [0.1, 0.15) is 38.8 Å². The molecule has 162 valence electrons. The van der Waals surface area contributed by atoms with Crippen LogP contribution < -0.4 is 10.1 Å². The van der Waals surface area contributed by atoms with Gasteiger partial charge in [-0.3, -0.25) is 9.59 Å². The van der Waals surface area contributed by atoms with Crippen molar-refractivity contribution in [2.24, 2.45) is 0 Å². The Kier molecular flexibility index (Phi) is 8.33. The number of benzene rings is 2. The fourth-order valence-corrected chi connectivity index (χ4v) is 3.61. The number of aryl methyl sites for hydroxylation is 1. The molecule has 7 heteroatoms. The summed E-state index contributed by atoms with van der Waals surface area (Å²) in [6.07, 6.45) is 0. The van der Waals surface area contributed by atoms with E-state index >= 15 is 0 Å². The van der Waals surface area contributed by atoms with Crippen molar-refractivity contribution in [1.29, 1.82) is 0 Å². The molecule has 2 aromatic rings. The number of amides is 2. The SMILES string of the molecule is Cc1cccc(CN(C(=O)COc2ccc(Br)cc2Cl)[C@H](C)C(=O)NC(C)(C)C)c1. The van der Waals surface area contributed by atoms with Gasteiger partial charge in [-0.25, -0.2) is 0 Å². The van der Waals surface area contributed by atoms with Gasteiger partial charge in [0.1, 0.15) is 11.8 Å². The maximum atomic E-state index is 13.1. The summed E-state index contributed by atoms with van der Waals surface area (Å²) in [6.45, 7) is 9.51. The average Bonchev–Trinajstić information content (AvgIpc) is 2.63. The molecule has 0 aliphatic rings. The second-order valence-electron chi connectivity index (χ2n) is 8.29. The minimum atomic E-state index is -0.666. The van der Waals surface area contributed by atoms with Crippen LogP contribution in [0.15, 0.2) is 46.9 Å². The second-order valence-corrected chi connectivity index (χ2v) is 9.61. The highest BCUT2D eigenvalue weighted by Gasteiger charge is 2.28. The Hall–Kier alpha value is -2.05. The lowest BCUT2D eigenvalue weighted by Gasteiger charge is -2.31. The fourth-order valence-electron chi connectivity index (χ4n) is 2.88. The Labute approximate surface area is 191 Å². The smallest absolute Gasteiger partial charge is 0.261 e. The third-order valence-corrected chi connectivity index (χ3v) is 5.13. The Balaban J connectivity index is 2.20. The molecule has 0 spiro atoms. The van der Waals surface area contributed by atoms with Gasteiger partial charge in [0.25, 0.3) is 5.91 Å². The van der Waals surface area contributed by atoms with Crippen molar-refractivity contribution in [3.63, 3.8) is 0 Å². The summed E-state index contributed by atoms with van der Waals surface area (Å²) in [4.78, 5) is 27.3. The lowest BCUT2D eigenvalue weighted by Crippen LogP contribution is -2.53. The van der Waals surface area contributed by atoms with E-state index in [1.54, 1.807) is 25.1 Å². The second kappa shape index (κ2) is 10.3. The number of carbonyl (C=O) groups is 2. The summed E-state index contributed by atoms with van der Waals surface area (Å²) >= 11 is 9.52. The van der Waals surface area contributed by atoms with Crippen LogP contribution >= 0.6 is 27.5 Å². The van der Waals surface area contributed by atoms with E-state index in [2.05, 4.69) is 21.2 Å². The highest BCUT2D eigenvalue weighted by molar-refractivity contribution is 9.10. The van der Waals surface area contributed by atoms with Crippen LogP contribution in [0.3, 0.4) is 0 Å². The highest BCUT2D eigenvalue weighted by Crippen LogP contribution is 2.27. The third-order valence-electron chi connectivity index (χ3n) is 4.35. The van der Waals surface area contributed by atoms with Gasteiger partial charge in [-0.1, -0.05) is 57.4 Å². The minimum Gasteiger partial charge on any atom is -0.482 e. The summed E-state index contributed by atoms with van der Waals surface area (Å²) in [5.74, 6) is -0.104. The molecule has 0 aromatic heterocycles. The van der Waals surface area contributed by atoms with Gasteiger partial charge >= 0.3 is 0 Å². The molecule has 2 aromatic carbocycles. The van der Waals surface area contributed by atoms with Gasteiger partial charge in [0.15, 0.2) is 6.61 Å². The zero-order valence-corrected chi connectivity index (χ0v) is 20.3. The van der Waals surface area contributed by atoms with Crippen molar-refractivity contribution >= 4 is 39.3 Å². The lowest BCUT2D eigenvalue weighted by atomic mass is 10.1. The highest BCUT2D eigenvalue weighted by atomic mass is 79.9. The van der Waals surface area contributed by atoms with Crippen molar-refractivity contribution < 1.29 is 14.3 Å². The van der Waals surface area contributed by atoms with Gasteiger partial charge in [-0.15, -0.1) is 0 Å². The minimum absolute atomic E-state index is 0.217. The number of ether oxygens (including phenoxy) is 1. The van der Waals surface area contributed by atoms with E-state index in [-0.39, 0.29) is 18.4 Å². The number of hydrogen-bond acceptors (Lipinski definition) is 3. The van der Waals surface area contributed by atoms with Crippen LogP contribution in [-0.2, 0) is 16.1 Å². The topological polar surface area (TPSA) is 58.6 Å². The first-order valence-corrected chi connectivity index (χ1v) is 10.9. The van der Waals surface area contributed by atoms with Crippen LogP contribution in [0, 0.1) is 6.92 Å². The molecular formula is C23H28BrClN2O3. The number of halogens is 2. The van der Waals surface area contributed by atoms with E-state index in [4.69, 9.17) is 16.3 Å². The molecular weight excluding hydrogens is 468 g/mol.